The summed E-state index contributed by atoms with van der Waals surface area (Å²) in [5.74, 6) is 0.556. The fraction of sp³-hybridized carbons (Fsp3) is 0.280. The van der Waals surface area contributed by atoms with Crippen molar-refractivity contribution in [3.05, 3.63) is 80.6 Å². The average molecular weight is 479 g/mol. The largest absolute Gasteiger partial charge is 0.363 e. The minimum Gasteiger partial charge on any atom is -0.363 e. The maximum atomic E-state index is 13.5. The van der Waals surface area contributed by atoms with Crippen LogP contribution in [0.15, 0.2) is 58.4 Å². The summed E-state index contributed by atoms with van der Waals surface area (Å²) in [6.07, 6.45) is 3.33. The molecule has 4 rings (SSSR count). The van der Waals surface area contributed by atoms with Crippen molar-refractivity contribution in [3.8, 4) is 0 Å². The molecular formula is C25H26N4O2S2. The van der Waals surface area contributed by atoms with Gasteiger partial charge in [-0.05, 0) is 43.0 Å². The van der Waals surface area contributed by atoms with Crippen molar-refractivity contribution < 1.29 is 4.79 Å². The Morgan fingerprint density at radius 1 is 1.12 bits per heavy atom. The van der Waals surface area contributed by atoms with E-state index < -0.39 is 0 Å². The molecule has 1 fully saturated rings. The second-order valence-corrected chi connectivity index (χ2v) is 10.2. The Kier molecular flexibility index (Phi) is 6.67. The average Bonchev–Trinajstić information content (AvgIpc) is 3.04. The van der Waals surface area contributed by atoms with Gasteiger partial charge in [0.25, 0.3) is 11.5 Å². The molecule has 3 aromatic rings. The summed E-state index contributed by atoms with van der Waals surface area (Å²) in [6, 6.07) is 13.6. The van der Waals surface area contributed by atoms with E-state index in [2.05, 4.69) is 5.32 Å². The van der Waals surface area contributed by atoms with E-state index in [1.807, 2.05) is 70.2 Å². The van der Waals surface area contributed by atoms with E-state index in [9.17, 15) is 9.59 Å². The number of thiocarbonyl (C=S) groups is 1. The molecule has 0 aliphatic carbocycles. The fourth-order valence-corrected chi connectivity index (χ4v) is 4.99. The van der Waals surface area contributed by atoms with Crippen molar-refractivity contribution in [1.29, 1.82) is 0 Å². The number of anilines is 1. The van der Waals surface area contributed by atoms with Gasteiger partial charge in [0.1, 0.15) is 15.8 Å². The molecule has 1 amide bonds. The summed E-state index contributed by atoms with van der Waals surface area (Å²) in [6.45, 7) is 8.56. The molecular weight excluding hydrogens is 452 g/mol. The van der Waals surface area contributed by atoms with Gasteiger partial charge in [0, 0.05) is 18.8 Å². The number of pyridine rings is 1. The van der Waals surface area contributed by atoms with E-state index in [1.165, 1.54) is 16.2 Å². The zero-order valence-corrected chi connectivity index (χ0v) is 20.7. The first-order valence-electron chi connectivity index (χ1n) is 10.8. The first-order valence-corrected chi connectivity index (χ1v) is 12.1. The summed E-state index contributed by atoms with van der Waals surface area (Å²) in [5.41, 5.74) is 2.64. The lowest BCUT2D eigenvalue weighted by Gasteiger charge is -2.18. The summed E-state index contributed by atoms with van der Waals surface area (Å²) in [5, 5.41) is 3.39. The summed E-state index contributed by atoms with van der Waals surface area (Å²) in [7, 11) is 0. The van der Waals surface area contributed by atoms with Crippen molar-refractivity contribution in [2.24, 2.45) is 5.92 Å². The number of carbonyl (C=O) groups excluding carboxylic acids is 1. The van der Waals surface area contributed by atoms with Crippen LogP contribution >= 0.6 is 24.0 Å². The third-order valence-corrected chi connectivity index (χ3v) is 6.81. The predicted octanol–water partition coefficient (Wildman–Crippen LogP) is 5.03. The Morgan fingerprint density at radius 3 is 2.55 bits per heavy atom. The highest BCUT2D eigenvalue weighted by atomic mass is 32.2. The van der Waals surface area contributed by atoms with E-state index in [4.69, 9.17) is 17.2 Å². The molecule has 3 heterocycles. The van der Waals surface area contributed by atoms with Gasteiger partial charge < -0.3 is 5.32 Å². The Hall–Kier alpha value is -2.97. The van der Waals surface area contributed by atoms with E-state index in [-0.39, 0.29) is 23.4 Å². The van der Waals surface area contributed by atoms with Crippen molar-refractivity contribution in [1.82, 2.24) is 14.3 Å². The van der Waals surface area contributed by atoms with Crippen LogP contribution in [-0.2, 0) is 4.79 Å². The van der Waals surface area contributed by atoms with E-state index in [0.29, 0.717) is 32.8 Å². The number of carbonyl (C=O) groups is 1. The van der Waals surface area contributed by atoms with Crippen LogP contribution in [0.25, 0.3) is 11.7 Å². The first kappa shape index (κ1) is 23.2. The highest BCUT2D eigenvalue weighted by Gasteiger charge is 2.33. The quantitative estimate of drug-likeness (QED) is 0.396. The molecule has 8 heteroatoms. The maximum Gasteiger partial charge on any atom is 0.267 e. The third kappa shape index (κ3) is 4.72. The fourth-order valence-electron chi connectivity index (χ4n) is 3.74. The van der Waals surface area contributed by atoms with Gasteiger partial charge in [0.15, 0.2) is 0 Å². The van der Waals surface area contributed by atoms with Gasteiger partial charge >= 0.3 is 0 Å². The zero-order valence-electron chi connectivity index (χ0n) is 19.0. The molecule has 0 radical (unpaired) electrons. The number of nitrogens with one attached hydrogen (secondary N) is 1. The van der Waals surface area contributed by atoms with Crippen molar-refractivity contribution in [3.63, 3.8) is 0 Å². The zero-order chi connectivity index (χ0) is 23.7. The van der Waals surface area contributed by atoms with Crippen LogP contribution in [0, 0.1) is 12.8 Å². The van der Waals surface area contributed by atoms with Crippen LogP contribution in [-0.4, -0.2) is 31.1 Å². The molecule has 2 aromatic heterocycles. The molecule has 1 aromatic carbocycles. The van der Waals surface area contributed by atoms with Crippen molar-refractivity contribution in [2.75, 3.05) is 11.9 Å². The van der Waals surface area contributed by atoms with Crippen molar-refractivity contribution >= 4 is 51.7 Å². The number of thioether (sulfide) groups is 1. The van der Waals surface area contributed by atoms with Crippen LogP contribution < -0.4 is 10.9 Å². The van der Waals surface area contributed by atoms with Crippen LogP contribution in [0.5, 0.6) is 0 Å². The summed E-state index contributed by atoms with van der Waals surface area (Å²) in [4.78, 5) is 33.4. The number of aromatic nitrogens is 2. The second-order valence-electron chi connectivity index (χ2n) is 8.53. The lowest BCUT2D eigenvalue weighted by Crippen LogP contribution is -2.31. The number of benzene rings is 1. The highest BCUT2D eigenvalue weighted by molar-refractivity contribution is 8.26. The lowest BCUT2D eigenvalue weighted by atomic mass is 10.1. The molecule has 1 N–H and O–H groups in total. The van der Waals surface area contributed by atoms with Gasteiger partial charge in [-0.2, -0.15) is 0 Å². The molecule has 6 nitrogen and oxygen atoms in total. The van der Waals surface area contributed by atoms with Crippen LogP contribution in [0.3, 0.4) is 0 Å². The molecule has 1 atom stereocenters. The topological polar surface area (TPSA) is 66.7 Å². The summed E-state index contributed by atoms with van der Waals surface area (Å²) >= 11 is 6.66. The molecule has 0 saturated carbocycles. The smallest absolute Gasteiger partial charge is 0.267 e. The number of nitrogens with zero attached hydrogens (tertiary/aromatic N) is 3. The van der Waals surface area contributed by atoms with Crippen LogP contribution in [0.1, 0.15) is 43.5 Å². The Labute approximate surface area is 202 Å². The highest BCUT2D eigenvalue weighted by Crippen LogP contribution is 2.34. The van der Waals surface area contributed by atoms with Crippen LogP contribution in [0.4, 0.5) is 5.82 Å². The van der Waals surface area contributed by atoms with Gasteiger partial charge in [-0.15, -0.1) is 0 Å². The standard InChI is InChI=1S/C25H26N4O2S2/c1-15(2)14-29-24(31)20(33-25(29)32)13-19-21(26-17(4)18-10-6-5-7-11-18)27-22-16(3)9-8-12-28(22)23(19)30/h5-13,15,17,26H,14H2,1-4H3. The van der Waals surface area contributed by atoms with Crippen LogP contribution in [0.2, 0.25) is 0 Å². The van der Waals surface area contributed by atoms with Gasteiger partial charge in [-0.25, -0.2) is 4.98 Å². The minimum atomic E-state index is -0.236. The Balaban J connectivity index is 1.83. The molecule has 1 aliphatic heterocycles. The first-order chi connectivity index (χ1) is 15.8. The molecule has 1 saturated heterocycles. The van der Waals surface area contributed by atoms with Gasteiger partial charge in [-0.1, -0.05) is 74.2 Å². The van der Waals surface area contributed by atoms with Crippen molar-refractivity contribution in [2.45, 2.75) is 33.7 Å². The Bertz CT molecular complexity index is 1320. The number of aryl methyl sites for hydroxylation is 1. The number of hydrogen-bond donors (Lipinski definition) is 1. The van der Waals surface area contributed by atoms with Gasteiger partial charge in [0.2, 0.25) is 0 Å². The number of rotatable bonds is 6. The third-order valence-electron chi connectivity index (χ3n) is 5.43. The van der Waals surface area contributed by atoms with E-state index >= 15 is 0 Å². The number of hydrogen-bond acceptors (Lipinski definition) is 6. The molecule has 1 aliphatic rings. The normalized spacial score (nSPS) is 16.3. The molecule has 170 valence electrons. The predicted molar refractivity (Wildman–Crippen MR) is 139 cm³/mol. The van der Waals surface area contributed by atoms with Gasteiger partial charge in [-0.3, -0.25) is 18.9 Å². The Morgan fingerprint density at radius 2 is 1.85 bits per heavy atom. The number of amides is 1. The van der Waals surface area contributed by atoms with E-state index in [0.717, 1.165) is 11.1 Å². The van der Waals surface area contributed by atoms with Gasteiger partial charge in [0.05, 0.1) is 10.5 Å². The molecule has 0 spiro atoms. The molecule has 0 bridgehead atoms. The maximum absolute atomic E-state index is 13.5. The monoisotopic (exact) mass is 478 g/mol. The minimum absolute atomic E-state index is 0.0906. The number of fused-ring (bicyclic) bond motifs is 1. The SMILES string of the molecule is Cc1cccn2c(=O)c(C=C3SC(=S)N(CC(C)C)C3=O)c(NC(C)c3ccccc3)nc12. The second kappa shape index (κ2) is 9.49. The molecule has 33 heavy (non-hydrogen) atoms. The van der Waals surface area contributed by atoms with E-state index in [1.54, 1.807) is 17.2 Å². The summed E-state index contributed by atoms with van der Waals surface area (Å²) < 4.78 is 2.03. The lowest BCUT2D eigenvalue weighted by molar-refractivity contribution is -0.122. The molecule has 1 unspecified atom stereocenters.